The molecule has 0 unspecified atom stereocenters. The Bertz CT molecular complexity index is 624. The number of hydrogen-bond acceptors (Lipinski definition) is 5. The third kappa shape index (κ3) is 2.91. The van der Waals surface area contributed by atoms with Crippen LogP contribution in [0.2, 0.25) is 0 Å². The minimum absolute atomic E-state index is 0.126. The highest BCUT2D eigenvalue weighted by molar-refractivity contribution is 5.98. The molecule has 1 heterocycles. The molecule has 0 saturated heterocycles. The third-order valence-electron chi connectivity index (χ3n) is 2.66. The maximum absolute atomic E-state index is 11.8. The number of rotatable bonds is 5. The van der Waals surface area contributed by atoms with Crippen LogP contribution < -0.4 is 5.32 Å². The van der Waals surface area contributed by atoms with Crippen LogP contribution in [0.25, 0.3) is 0 Å². The number of benzene rings is 1. The number of nitro benzene ring substituents is 1. The zero-order valence-electron chi connectivity index (χ0n) is 10.4. The summed E-state index contributed by atoms with van der Waals surface area (Å²) in [5, 5.41) is 22.9. The van der Waals surface area contributed by atoms with Crippen LogP contribution in [-0.2, 0) is 6.42 Å². The van der Waals surface area contributed by atoms with E-state index in [2.05, 4.69) is 15.3 Å². The molecule has 20 heavy (non-hydrogen) atoms. The molecule has 0 atom stereocenters. The van der Waals surface area contributed by atoms with Crippen LogP contribution in [-0.4, -0.2) is 32.4 Å². The molecule has 0 saturated carbocycles. The lowest BCUT2D eigenvalue weighted by atomic mass is 10.1. The van der Waals surface area contributed by atoms with Crippen molar-refractivity contribution in [1.82, 2.24) is 15.3 Å². The topological polar surface area (TPSA) is 121 Å². The van der Waals surface area contributed by atoms with Gasteiger partial charge in [0.1, 0.15) is 5.82 Å². The van der Waals surface area contributed by atoms with E-state index in [4.69, 9.17) is 0 Å². The predicted octanol–water partition coefficient (Wildman–Crippen LogP) is 0.996. The molecule has 0 spiro atoms. The Morgan fingerprint density at radius 2 is 2.30 bits per heavy atom. The average molecular weight is 276 g/mol. The lowest BCUT2D eigenvalue weighted by molar-refractivity contribution is -0.385. The van der Waals surface area contributed by atoms with E-state index in [1.165, 1.54) is 12.1 Å². The van der Waals surface area contributed by atoms with Crippen molar-refractivity contribution >= 4 is 11.6 Å². The summed E-state index contributed by atoms with van der Waals surface area (Å²) in [5.74, 6) is -0.487. The number of imidazole rings is 1. The van der Waals surface area contributed by atoms with E-state index in [9.17, 15) is 20.0 Å². The number of aromatic hydroxyl groups is 1. The van der Waals surface area contributed by atoms with Crippen LogP contribution in [0.4, 0.5) is 5.69 Å². The van der Waals surface area contributed by atoms with E-state index in [0.717, 1.165) is 6.07 Å². The Hall–Kier alpha value is -2.90. The van der Waals surface area contributed by atoms with Crippen LogP contribution in [0, 0.1) is 10.1 Å². The number of amides is 1. The van der Waals surface area contributed by atoms with Gasteiger partial charge in [0.25, 0.3) is 5.91 Å². The molecule has 0 aliphatic heterocycles. The molecule has 0 radical (unpaired) electrons. The molecular formula is C12H12N4O4. The van der Waals surface area contributed by atoms with Crippen molar-refractivity contribution in [2.75, 3.05) is 6.54 Å². The number of aromatic nitrogens is 2. The summed E-state index contributed by atoms with van der Waals surface area (Å²) < 4.78 is 0. The maximum atomic E-state index is 11.8. The van der Waals surface area contributed by atoms with Crippen molar-refractivity contribution < 1.29 is 14.8 Å². The summed E-state index contributed by atoms with van der Waals surface area (Å²) >= 11 is 0. The molecule has 1 amide bonds. The van der Waals surface area contributed by atoms with Gasteiger partial charge in [-0.15, -0.1) is 0 Å². The van der Waals surface area contributed by atoms with Crippen LogP contribution in [0.5, 0.6) is 5.75 Å². The first kappa shape index (κ1) is 13.5. The van der Waals surface area contributed by atoms with Gasteiger partial charge in [0.2, 0.25) is 5.75 Å². The van der Waals surface area contributed by atoms with Crippen molar-refractivity contribution in [2.45, 2.75) is 6.42 Å². The predicted molar refractivity (Wildman–Crippen MR) is 69.4 cm³/mol. The normalized spacial score (nSPS) is 10.2. The standard InChI is InChI=1S/C12H12N4O4/c17-11-8(2-1-3-9(11)16(19)20)12(18)15-5-4-10-13-6-7-14-10/h1-3,6-7,17H,4-5H2,(H,13,14)(H,15,18). The third-order valence-corrected chi connectivity index (χ3v) is 2.66. The highest BCUT2D eigenvalue weighted by atomic mass is 16.6. The van der Waals surface area contributed by atoms with Crippen LogP contribution in [0.3, 0.4) is 0 Å². The SMILES string of the molecule is O=C(NCCc1ncc[nH]1)c1cccc([N+](=O)[O-])c1O. The van der Waals surface area contributed by atoms with E-state index in [-0.39, 0.29) is 5.56 Å². The van der Waals surface area contributed by atoms with Gasteiger partial charge in [0.15, 0.2) is 0 Å². The number of nitrogens with zero attached hydrogens (tertiary/aromatic N) is 2. The maximum Gasteiger partial charge on any atom is 0.311 e. The molecule has 0 fully saturated rings. The second-order valence-corrected chi connectivity index (χ2v) is 3.97. The molecule has 3 N–H and O–H groups in total. The molecule has 2 rings (SSSR count). The first-order chi connectivity index (χ1) is 9.59. The van der Waals surface area contributed by atoms with E-state index in [0.29, 0.717) is 18.8 Å². The Morgan fingerprint density at radius 1 is 1.50 bits per heavy atom. The zero-order valence-corrected chi connectivity index (χ0v) is 10.4. The number of carbonyl (C=O) groups is 1. The van der Waals surface area contributed by atoms with E-state index >= 15 is 0 Å². The Kier molecular flexibility index (Phi) is 3.94. The number of para-hydroxylation sites is 1. The molecule has 1 aromatic carbocycles. The number of phenolic OH excluding ortho intramolecular Hbond substituents is 1. The van der Waals surface area contributed by atoms with E-state index in [1.54, 1.807) is 12.4 Å². The summed E-state index contributed by atoms with van der Waals surface area (Å²) in [7, 11) is 0. The smallest absolute Gasteiger partial charge is 0.311 e. The first-order valence-corrected chi connectivity index (χ1v) is 5.82. The monoisotopic (exact) mass is 276 g/mol. The van der Waals surface area contributed by atoms with Gasteiger partial charge in [-0.3, -0.25) is 14.9 Å². The highest BCUT2D eigenvalue weighted by Gasteiger charge is 2.20. The fraction of sp³-hybridized carbons (Fsp3) is 0.167. The molecule has 0 aliphatic carbocycles. The first-order valence-electron chi connectivity index (χ1n) is 5.82. The largest absolute Gasteiger partial charge is 0.502 e. The lowest BCUT2D eigenvalue weighted by Gasteiger charge is -2.06. The van der Waals surface area contributed by atoms with Gasteiger partial charge in [-0.05, 0) is 6.07 Å². The number of carbonyl (C=O) groups excluding carboxylic acids is 1. The molecule has 0 bridgehead atoms. The molecular weight excluding hydrogens is 264 g/mol. The van der Waals surface area contributed by atoms with Gasteiger partial charge in [-0.1, -0.05) is 6.07 Å². The molecule has 2 aromatic rings. The summed E-state index contributed by atoms with van der Waals surface area (Å²) in [4.78, 5) is 28.7. The molecule has 1 aromatic heterocycles. The van der Waals surface area contributed by atoms with E-state index < -0.39 is 22.3 Å². The minimum Gasteiger partial charge on any atom is -0.502 e. The van der Waals surface area contributed by atoms with Gasteiger partial charge in [-0.25, -0.2) is 4.98 Å². The van der Waals surface area contributed by atoms with Crippen LogP contribution >= 0.6 is 0 Å². The van der Waals surface area contributed by atoms with Gasteiger partial charge in [-0.2, -0.15) is 0 Å². The molecule has 8 nitrogen and oxygen atoms in total. The second-order valence-electron chi connectivity index (χ2n) is 3.97. The number of nitro groups is 1. The fourth-order valence-electron chi connectivity index (χ4n) is 1.69. The highest BCUT2D eigenvalue weighted by Crippen LogP contribution is 2.28. The molecule has 8 heteroatoms. The number of H-pyrrole nitrogens is 1. The summed E-state index contributed by atoms with van der Waals surface area (Å²) in [6, 6.07) is 3.80. The fourth-order valence-corrected chi connectivity index (χ4v) is 1.69. The number of hydrogen-bond donors (Lipinski definition) is 3. The number of aromatic amines is 1. The van der Waals surface area contributed by atoms with Crippen molar-refractivity contribution in [3.63, 3.8) is 0 Å². The van der Waals surface area contributed by atoms with Crippen molar-refractivity contribution in [3.8, 4) is 5.75 Å². The van der Waals surface area contributed by atoms with Gasteiger partial charge < -0.3 is 15.4 Å². The van der Waals surface area contributed by atoms with Crippen molar-refractivity contribution in [2.24, 2.45) is 0 Å². The Labute approximate surface area is 113 Å². The summed E-state index contributed by atoms with van der Waals surface area (Å²) in [6.45, 7) is 0.300. The minimum atomic E-state index is -0.741. The Balaban J connectivity index is 2.02. The number of phenols is 1. The van der Waals surface area contributed by atoms with Crippen molar-refractivity contribution in [1.29, 1.82) is 0 Å². The van der Waals surface area contributed by atoms with Crippen LogP contribution in [0.1, 0.15) is 16.2 Å². The van der Waals surface area contributed by atoms with Gasteiger partial charge in [0.05, 0.1) is 10.5 Å². The molecule has 104 valence electrons. The van der Waals surface area contributed by atoms with Gasteiger partial charge in [0, 0.05) is 31.4 Å². The second kappa shape index (κ2) is 5.83. The zero-order chi connectivity index (χ0) is 14.5. The average Bonchev–Trinajstić information content (AvgIpc) is 2.91. The summed E-state index contributed by atoms with van der Waals surface area (Å²) in [6.07, 6.45) is 3.77. The van der Waals surface area contributed by atoms with Gasteiger partial charge >= 0.3 is 5.69 Å². The van der Waals surface area contributed by atoms with Crippen LogP contribution in [0.15, 0.2) is 30.6 Å². The van der Waals surface area contributed by atoms with E-state index in [1.807, 2.05) is 0 Å². The summed E-state index contributed by atoms with van der Waals surface area (Å²) in [5.41, 5.74) is -0.623. The number of nitrogens with one attached hydrogen (secondary N) is 2. The lowest BCUT2D eigenvalue weighted by Crippen LogP contribution is -2.26. The molecule has 0 aliphatic rings. The van der Waals surface area contributed by atoms with Crippen molar-refractivity contribution in [3.05, 3.63) is 52.1 Å². The Morgan fingerprint density at radius 3 is 2.95 bits per heavy atom. The quantitative estimate of drug-likeness (QED) is 0.555.